The standard InChI is InChI=1S/C28H27NO4S.C22H27NO2/c30-21-8-4-20(5-9-21)28-26(24-13-10-22(31)18-25(24)34-28)27(32)19-6-11-23(12-7-19)33-17-16-29-14-2-1-3-15-29;1-4-22(24)10-8-18-16-6-5-15-11-19-14(13-23-25-19)12-20(15,2)17(16)7-9-21(18,22)3/h4-13,18,30-31H,1-3,14-17H2;1,11,13,16-18,24H,5-10,12H2,2-3H3/t;16-,17+,18+,20+,21+,22+/m.1/s1. The summed E-state index contributed by atoms with van der Waals surface area (Å²) in [7, 11) is 0. The Morgan fingerprint density at radius 3 is 2.47 bits per heavy atom. The molecule has 0 spiro atoms. The molecule has 4 aliphatic carbocycles. The number of ketones is 1. The highest BCUT2D eigenvalue weighted by Crippen LogP contribution is 2.67. The van der Waals surface area contributed by atoms with Crippen molar-refractivity contribution in [2.45, 2.75) is 83.7 Å². The molecular weight excluding hydrogens is 757 g/mol. The van der Waals surface area contributed by atoms with Crippen LogP contribution >= 0.6 is 11.3 Å². The van der Waals surface area contributed by atoms with E-state index in [4.69, 9.17) is 15.7 Å². The Balaban J connectivity index is 0.000000159. The van der Waals surface area contributed by atoms with E-state index in [0.29, 0.717) is 35.5 Å². The number of fused-ring (bicyclic) bond motifs is 7. The molecule has 1 saturated heterocycles. The number of aliphatic hydroxyl groups is 1. The molecule has 6 atom stereocenters. The summed E-state index contributed by atoms with van der Waals surface area (Å²) in [5.41, 5.74) is 4.02. The van der Waals surface area contributed by atoms with Gasteiger partial charge in [-0.25, -0.2) is 0 Å². The number of carbonyl (C=O) groups is 1. The Kier molecular flexibility index (Phi) is 10.5. The van der Waals surface area contributed by atoms with Crippen LogP contribution in [0.25, 0.3) is 26.6 Å². The molecule has 0 radical (unpaired) electrons. The maximum Gasteiger partial charge on any atom is 0.195 e. The summed E-state index contributed by atoms with van der Waals surface area (Å²) >= 11 is 1.46. The maximum atomic E-state index is 13.6. The van der Waals surface area contributed by atoms with E-state index in [0.717, 1.165) is 90.2 Å². The largest absolute Gasteiger partial charge is 0.508 e. The highest BCUT2D eigenvalue weighted by atomic mass is 32.1. The number of nitrogens with zero attached hydrogens (tertiary/aromatic N) is 2. The van der Waals surface area contributed by atoms with Crippen molar-refractivity contribution >= 4 is 33.3 Å². The third-order valence-corrected chi connectivity index (χ3v) is 16.1. The van der Waals surface area contributed by atoms with Gasteiger partial charge in [-0.1, -0.05) is 36.9 Å². The van der Waals surface area contributed by atoms with E-state index in [9.17, 15) is 20.1 Å². The molecule has 4 fully saturated rings. The number of rotatable bonds is 7. The van der Waals surface area contributed by atoms with E-state index in [1.54, 1.807) is 48.0 Å². The molecule has 10 rings (SSSR count). The molecule has 9 heteroatoms. The maximum absolute atomic E-state index is 13.6. The van der Waals surface area contributed by atoms with Crippen molar-refractivity contribution < 1.29 is 29.4 Å². The summed E-state index contributed by atoms with van der Waals surface area (Å²) in [4.78, 5) is 16.9. The highest BCUT2D eigenvalue weighted by molar-refractivity contribution is 7.22. The molecule has 0 unspecified atom stereocenters. The fourth-order valence-corrected chi connectivity index (χ4v) is 12.8. The van der Waals surface area contributed by atoms with E-state index < -0.39 is 5.60 Å². The molecule has 3 N–H and O–H groups in total. The number of phenols is 2. The van der Waals surface area contributed by atoms with Gasteiger partial charge in [-0.2, -0.15) is 0 Å². The molecule has 3 heterocycles. The fourth-order valence-electron chi connectivity index (χ4n) is 11.6. The van der Waals surface area contributed by atoms with E-state index in [-0.39, 0.29) is 28.1 Å². The van der Waals surface area contributed by atoms with Crippen molar-refractivity contribution in [1.29, 1.82) is 0 Å². The Morgan fingerprint density at radius 1 is 0.966 bits per heavy atom. The molecule has 0 bridgehead atoms. The number of phenolic OH excluding ortho intramolecular Hbond substituents is 2. The van der Waals surface area contributed by atoms with Crippen LogP contribution in [0.1, 0.15) is 98.9 Å². The van der Waals surface area contributed by atoms with Crippen molar-refractivity contribution in [3.05, 3.63) is 101 Å². The first-order valence-electron chi connectivity index (χ1n) is 21.4. The van der Waals surface area contributed by atoms with Gasteiger partial charge in [-0.3, -0.25) is 9.69 Å². The number of hydrogen-bond donors (Lipinski definition) is 3. The van der Waals surface area contributed by atoms with Gasteiger partial charge < -0.3 is 24.6 Å². The number of ether oxygens (including phenoxy) is 1. The Bertz CT molecular complexity index is 2420. The lowest BCUT2D eigenvalue weighted by Crippen LogP contribution is -2.54. The van der Waals surface area contributed by atoms with E-state index in [2.05, 4.69) is 35.9 Å². The van der Waals surface area contributed by atoms with Crippen molar-refractivity contribution in [2.75, 3.05) is 26.2 Å². The van der Waals surface area contributed by atoms with Gasteiger partial charge in [0.1, 0.15) is 29.5 Å². The topological polar surface area (TPSA) is 116 Å². The highest BCUT2D eigenvalue weighted by Gasteiger charge is 2.63. The molecule has 5 aromatic rings. The summed E-state index contributed by atoms with van der Waals surface area (Å²) in [6.07, 6.45) is 21.2. The molecule has 3 aromatic carbocycles. The number of likely N-dealkylation sites (tertiary alicyclic amines) is 1. The van der Waals surface area contributed by atoms with Crippen LogP contribution in [0.15, 0.2) is 83.0 Å². The Labute approximate surface area is 350 Å². The van der Waals surface area contributed by atoms with Gasteiger partial charge >= 0.3 is 0 Å². The molecule has 59 heavy (non-hydrogen) atoms. The van der Waals surface area contributed by atoms with Crippen LogP contribution in [0.4, 0.5) is 0 Å². The van der Waals surface area contributed by atoms with E-state index in [1.165, 1.54) is 42.6 Å². The fraction of sp³-hybridized carbons (Fsp3) is 0.440. The first-order chi connectivity index (χ1) is 28.5. The predicted molar refractivity (Wildman–Crippen MR) is 233 cm³/mol. The molecule has 2 aromatic heterocycles. The number of carbonyl (C=O) groups excluding carboxylic acids is 1. The molecule has 1 aliphatic heterocycles. The summed E-state index contributed by atoms with van der Waals surface area (Å²) in [5, 5.41) is 35.5. The van der Waals surface area contributed by atoms with Crippen LogP contribution in [0, 0.1) is 40.9 Å². The van der Waals surface area contributed by atoms with Gasteiger partial charge in [-0.15, -0.1) is 17.8 Å². The summed E-state index contributed by atoms with van der Waals surface area (Å²) < 4.78 is 12.2. The lowest BCUT2D eigenvalue weighted by Gasteiger charge is -2.58. The van der Waals surface area contributed by atoms with Crippen LogP contribution in [0.2, 0.25) is 0 Å². The third-order valence-electron chi connectivity index (χ3n) is 14.9. The number of aromatic nitrogens is 1. The number of allylic oxidation sites excluding steroid dienone is 1. The number of terminal acetylenes is 1. The zero-order valence-electron chi connectivity index (χ0n) is 34.1. The lowest BCUT2D eigenvalue weighted by molar-refractivity contribution is -0.0975. The monoisotopic (exact) mass is 810 g/mol. The SMILES string of the molecule is C#C[C@]1(O)CC[C@H]2[C@@H]3CCC4=Cc5oncc5C[C@]4(C)[C@H]3CC[C@@]21C.O=C(c1ccc(OCCN2CCCCC2)cc1)c1c(-c2ccc(O)cc2)sc2cc(O)ccc12. The molecular formula is C50H54N2O6S. The molecule has 5 aliphatic rings. The first kappa shape index (κ1) is 39.6. The zero-order valence-corrected chi connectivity index (χ0v) is 34.9. The molecule has 3 saturated carbocycles. The van der Waals surface area contributed by atoms with Gasteiger partial charge in [0.15, 0.2) is 11.5 Å². The summed E-state index contributed by atoms with van der Waals surface area (Å²) in [6.45, 7) is 8.56. The summed E-state index contributed by atoms with van der Waals surface area (Å²) in [6, 6.07) is 19.2. The van der Waals surface area contributed by atoms with Gasteiger partial charge in [0, 0.05) is 43.6 Å². The van der Waals surface area contributed by atoms with E-state index >= 15 is 0 Å². The van der Waals surface area contributed by atoms with Crippen LogP contribution in [-0.4, -0.2) is 63.0 Å². The predicted octanol–water partition coefficient (Wildman–Crippen LogP) is 10.3. The van der Waals surface area contributed by atoms with Crippen molar-refractivity contribution in [3.8, 4) is 40.0 Å². The van der Waals surface area contributed by atoms with Gasteiger partial charge in [0.05, 0.1) is 6.20 Å². The number of piperidine rings is 1. The number of benzene rings is 3. The second-order valence-corrected chi connectivity index (χ2v) is 19.1. The average molecular weight is 811 g/mol. The van der Waals surface area contributed by atoms with Gasteiger partial charge in [0.2, 0.25) is 0 Å². The second kappa shape index (κ2) is 15.6. The smallest absolute Gasteiger partial charge is 0.195 e. The lowest BCUT2D eigenvalue weighted by atomic mass is 9.46. The van der Waals surface area contributed by atoms with Gasteiger partial charge in [-0.05, 0) is 172 Å². The minimum atomic E-state index is -0.909. The average Bonchev–Trinajstić information content (AvgIpc) is 3.94. The summed E-state index contributed by atoms with van der Waals surface area (Å²) in [5.74, 6) is 6.65. The third kappa shape index (κ3) is 7.07. The minimum Gasteiger partial charge on any atom is -0.508 e. The number of hydrogen-bond acceptors (Lipinski definition) is 9. The normalized spacial score (nSPS) is 28.5. The number of thiophene rings is 1. The van der Waals surface area contributed by atoms with Crippen LogP contribution in [0.5, 0.6) is 17.2 Å². The van der Waals surface area contributed by atoms with Crippen molar-refractivity contribution in [2.24, 2.45) is 28.6 Å². The first-order valence-corrected chi connectivity index (χ1v) is 22.2. The van der Waals surface area contributed by atoms with Crippen LogP contribution in [0.3, 0.4) is 0 Å². The van der Waals surface area contributed by atoms with Crippen molar-refractivity contribution in [1.82, 2.24) is 10.1 Å². The number of aromatic hydroxyl groups is 2. The van der Waals surface area contributed by atoms with E-state index in [1.807, 2.05) is 30.5 Å². The molecule has 306 valence electrons. The second-order valence-electron chi connectivity index (χ2n) is 18.0. The van der Waals surface area contributed by atoms with Crippen LogP contribution < -0.4 is 4.74 Å². The zero-order chi connectivity index (χ0) is 40.9. The quantitative estimate of drug-likeness (QED) is 0.110. The Morgan fingerprint density at radius 2 is 1.71 bits per heavy atom. The van der Waals surface area contributed by atoms with Crippen molar-refractivity contribution in [3.63, 3.8) is 0 Å². The Hall–Kier alpha value is -4.88. The minimum absolute atomic E-state index is 0.0834. The van der Waals surface area contributed by atoms with Gasteiger partial charge in [0.25, 0.3) is 0 Å². The molecule has 8 nitrogen and oxygen atoms in total. The van der Waals surface area contributed by atoms with Crippen LogP contribution in [-0.2, 0) is 6.42 Å². The molecule has 0 amide bonds.